The number of rotatable bonds is 4. The number of carbonyl (C=O) groups is 1. The molecule has 0 bridgehead atoms. The number of aryl methyl sites for hydroxylation is 2. The van der Waals surface area contributed by atoms with Gasteiger partial charge in [-0.05, 0) is 84.8 Å². The third kappa shape index (κ3) is 3.45. The number of anilines is 1. The molecule has 0 fully saturated rings. The number of aliphatic carboxylic acids is 1. The van der Waals surface area contributed by atoms with Crippen LogP contribution in [0.25, 0.3) is 26.3 Å². The van der Waals surface area contributed by atoms with E-state index in [9.17, 15) is 4.79 Å². The van der Waals surface area contributed by atoms with Crippen LogP contribution in [0.2, 0.25) is 0 Å². The number of carboxylic acid groups (broad SMARTS) is 1. The van der Waals surface area contributed by atoms with Crippen LogP contribution in [0.1, 0.15) is 28.8 Å². The first-order valence-electron chi connectivity index (χ1n) is 10.1. The van der Waals surface area contributed by atoms with Crippen molar-refractivity contribution in [1.82, 2.24) is 0 Å². The predicted molar refractivity (Wildman–Crippen MR) is 123 cm³/mol. The van der Waals surface area contributed by atoms with E-state index in [1.54, 1.807) is 17.4 Å². The molecule has 0 atom stereocenters. The zero-order valence-corrected chi connectivity index (χ0v) is 18.0. The fourth-order valence-electron chi connectivity index (χ4n) is 4.42. The van der Waals surface area contributed by atoms with Crippen molar-refractivity contribution in [3.63, 3.8) is 0 Å². The first kappa shape index (κ1) is 19.1. The standard InChI is InChI=1S/C24H20N2O2S2/c25-14-18(24(27)28)13-19-5-6-21(29-19)22-8-7-20(30-22)17-11-15-3-1-9-26-10-2-4-16(12-17)23(15)26/h5-8,11-13H,1-4,9-10H2,(H,27,28)/b18-13+. The van der Waals surface area contributed by atoms with Crippen LogP contribution in [0.5, 0.6) is 0 Å². The summed E-state index contributed by atoms with van der Waals surface area (Å²) in [5, 5.41) is 18.0. The van der Waals surface area contributed by atoms with E-state index >= 15 is 0 Å². The van der Waals surface area contributed by atoms with E-state index in [0.717, 1.165) is 27.5 Å². The molecule has 2 aliphatic rings. The fraction of sp³-hybridized carbons (Fsp3) is 0.250. The molecule has 30 heavy (non-hydrogen) atoms. The van der Waals surface area contributed by atoms with Gasteiger partial charge in [0.25, 0.3) is 0 Å². The molecular weight excluding hydrogens is 412 g/mol. The molecule has 0 radical (unpaired) electrons. The van der Waals surface area contributed by atoms with Crippen molar-refractivity contribution in [2.24, 2.45) is 0 Å². The Morgan fingerprint density at radius 3 is 2.30 bits per heavy atom. The van der Waals surface area contributed by atoms with E-state index in [0.29, 0.717) is 0 Å². The third-order valence-corrected chi connectivity index (χ3v) is 8.09. The normalized spacial score (nSPS) is 15.6. The van der Waals surface area contributed by atoms with E-state index in [1.807, 2.05) is 12.1 Å². The van der Waals surface area contributed by atoms with Crippen molar-refractivity contribution in [2.45, 2.75) is 25.7 Å². The lowest BCUT2D eigenvalue weighted by Gasteiger charge is -2.37. The van der Waals surface area contributed by atoms with Gasteiger partial charge in [0, 0.05) is 38.3 Å². The maximum Gasteiger partial charge on any atom is 0.346 e. The molecule has 6 heteroatoms. The highest BCUT2D eigenvalue weighted by atomic mass is 32.1. The zero-order valence-electron chi connectivity index (χ0n) is 16.4. The highest BCUT2D eigenvalue weighted by Gasteiger charge is 2.24. The average Bonchev–Trinajstić information content (AvgIpc) is 3.42. The smallest absolute Gasteiger partial charge is 0.346 e. The van der Waals surface area contributed by atoms with Crippen LogP contribution < -0.4 is 4.90 Å². The van der Waals surface area contributed by atoms with Crippen molar-refractivity contribution in [3.05, 3.63) is 58.0 Å². The van der Waals surface area contributed by atoms with E-state index in [4.69, 9.17) is 10.4 Å². The van der Waals surface area contributed by atoms with Gasteiger partial charge in [-0.3, -0.25) is 0 Å². The number of thiophene rings is 2. The molecule has 0 saturated carbocycles. The van der Waals surface area contributed by atoms with Gasteiger partial charge in [-0.25, -0.2) is 4.79 Å². The Balaban J connectivity index is 1.46. The molecule has 2 aliphatic heterocycles. The van der Waals surface area contributed by atoms with E-state index in [1.165, 1.54) is 70.6 Å². The van der Waals surface area contributed by atoms with E-state index in [2.05, 4.69) is 29.2 Å². The van der Waals surface area contributed by atoms with Gasteiger partial charge in [-0.15, -0.1) is 22.7 Å². The maximum absolute atomic E-state index is 11.1. The number of nitrogens with zero attached hydrogens (tertiary/aromatic N) is 2. The predicted octanol–water partition coefficient (Wildman–Crippen LogP) is 5.83. The Kier molecular flexibility index (Phi) is 4.93. The summed E-state index contributed by atoms with van der Waals surface area (Å²) in [7, 11) is 0. The Bertz CT molecular complexity index is 1180. The van der Waals surface area contributed by atoms with Crippen molar-refractivity contribution in [2.75, 3.05) is 18.0 Å². The van der Waals surface area contributed by atoms with Gasteiger partial charge in [-0.1, -0.05) is 0 Å². The number of nitriles is 1. The molecule has 4 nitrogen and oxygen atoms in total. The Morgan fingerprint density at radius 2 is 1.63 bits per heavy atom. The van der Waals surface area contributed by atoms with Crippen LogP contribution in [0, 0.1) is 11.3 Å². The van der Waals surface area contributed by atoms with Crippen LogP contribution in [0.4, 0.5) is 5.69 Å². The van der Waals surface area contributed by atoms with Gasteiger partial charge < -0.3 is 10.0 Å². The summed E-state index contributed by atoms with van der Waals surface area (Å²) < 4.78 is 0. The highest BCUT2D eigenvalue weighted by Crippen LogP contribution is 2.42. The number of carboxylic acids is 1. The molecule has 0 aliphatic carbocycles. The van der Waals surface area contributed by atoms with Crippen molar-refractivity contribution in [1.29, 1.82) is 5.26 Å². The quantitative estimate of drug-likeness (QED) is 0.416. The van der Waals surface area contributed by atoms with Crippen LogP contribution in [0.3, 0.4) is 0 Å². The zero-order chi connectivity index (χ0) is 20.7. The molecule has 1 aromatic carbocycles. The van der Waals surface area contributed by atoms with Crippen molar-refractivity contribution < 1.29 is 9.90 Å². The summed E-state index contributed by atoms with van der Waals surface area (Å²) in [6, 6.07) is 14.7. The van der Waals surface area contributed by atoms with Gasteiger partial charge in [0.15, 0.2) is 0 Å². The summed E-state index contributed by atoms with van der Waals surface area (Å²) in [4.78, 5) is 17.9. The number of benzene rings is 1. The summed E-state index contributed by atoms with van der Waals surface area (Å²) in [5.74, 6) is -1.19. The average molecular weight is 433 g/mol. The second-order valence-electron chi connectivity index (χ2n) is 7.68. The van der Waals surface area contributed by atoms with Gasteiger partial charge in [0.2, 0.25) is 0 Å². The molecule has 0 unspecified atom stereocenters. The molecule has 0 amide bonds. The number of hydrogen-bond donors (Lipinski definition) is 1. The Labute approximate surface area is 183 Å². The van der Waals surface area contributed by atoms with E-state index in [-0.39, 0.29) is 5.57 Å². The van der Waals surface area contributed by atoms with Crippen LogP contribution in [0.15, 0.2) is 42.0 Å². The molecular formula is C24H20N2O2S2. The third-order valence-electron chi connectivity index (χ3n) is 5.73. The minimum absolute atomic E-state index is 0.243. The number of hydrogen-bond acceptors (Lipinski definition) is 5. The lowest BCUT2D eigenvalue weighted by molar-refractivity contribution is -0.132. The van der Waals surface area contributed by atoms with Gasteiger partial charge in [0.05, 0.1) is 0 Å². The maximum atomic E-state index is 11.1. The first-order chi connectivity index (χ1) is 14.6. The SMILES string of the molecule is N#C/C(=C\c1ccc(-c2ccc(-c3cc4c5c(c3)CCCN5CCC4)s2)s1)C(=O)O. The molecule has 150 valence electrons. The summed E-state index contributed by atoms with van der Waals surface area (Å²) >= 11 is 3.28. The van der Waals surface area contributed by atoms with Crippen LogP contribution in [-0.4, -0.2) is 24.2 Å². The topological polar surface area (TPSA) is 64.3 Å². The lowest BCUT2D eigenvalue weighted by Crippen LogP contribution is -2.34. The second kappa shape index (κ2) is 7.75. The molecule has 0 saturated heterocycles. The van der Waals surface area contributed by atoms with Crippen LogP contribution in [-0.2, 0) is 17.6 Å². The molecule has 5 rings (SSSR count). The van der Waals surface area contributed by atoms with Crippen molar-refractivity contribution >= 4 is 40.4 Å². The molecule has 3 aromatic rings. The minimum atomic E-state index is -1.19. The van der Waals surface area contributed by atoms with Gasteiger partial charge in [0.1, 0.15) is 11.6 Å². The van der Waals surface area contributed by atoms with Gasteiger partial charge in [-0.2, -0.15) is 5.26 Å². The second-order valence-corrected chi connectivity index (χ2v) is 9.88. The van der Waals surface area contributed by atoms with Crippen molar-refractivity contribution in [3.8, 4) is 26.3 Å². The highest BCUT2D eigenvalue weighted by molar-refractivity contribution is 7.24. The first-order valence-corrected chi connectivity index (χ1v) is 11.7. The monoisotopic (exact) mass is 432 g/mol. The van der Waals surface area contributed by atoms with Gasteiger partial charge >= 0.3 is 5.97 Å². The summed E-state index contributed by atoms with van der Waals surface area (Å²) in [6.07, 6.45) is 6.23. The van der Waals surface area contributed by atoms with E-state index < -0.39 is 5.97 Å². The molecule has 1 N–H and O–H groups in total. The summed E-state index contributed by atoms with van der Waals surface area (Å²) in [6.45, 7) is 2.38. The molecule has 0 spiro atoms. The minimum Gasteiger partial charge on any atom is -0.477 e. The van der Waals surface area contributed by atoms with Crippen LogP contribution >= 0.6 is 22.7 Å². The Morgan fingerprint density at radius 1 is 1.00 bits per heavy atom. The fourth-order valence-corrected chi connectivity index (χ4v) is 6.45. The molecule has 4 heterocycles. The summed E-state index contributed by atoms with van der Waals surface area (Å²) in [5.41, 5.74) is 5.54. The largest absolute Gasteiger partial charge is 0.477 e. The molecule has 2 aromatic heterocycles. The lowest BCUT2D eigenvalue weighted by atomic mass is 9.90. The Hall–Kier alpha value is -2.88.